The van der Waals surface area contributed by atoms with Crippen LogP contribution in [0.3, 0.4) is 0 Å². The zero-order valence-corrected chi connectivity index (χ0v) is 11.1. The van der Waals surface area contributed by atoms with Gasteiger partial charge in [0.15, 0.2) is 11.5 Å². The molecular weight excluding hydrogens is 226 g/mol. The Morgan fingerprint density at radius 1 is 1.33 bits per heavy atom. The fourth-order valence-electron chi connectivity index (χ4n) is 3.81. The van der Waals surface area contributed by atoms with Crippen LogP contribution in [-0.2, 0) is 6.42 Å². The van der Waals surface area contributed by atoms with Crippen molar-refractivity contribution < 1.29 is 10.2 Å². The standard InChI is InChI=1S/C15H21NO2/c1-3-16-7-10-4-5-11-14(12(10)8-16)9(2)6-13(17)15(11)18/h6,10,12,17-18H,3-5,7-8H2,1-2H3. The average Bonchev–Trinajstić information content (AvgIpc) is 2.77. The van der Waals surface area contributed by atoms with E-state index < -0.39 is 0 Å². The molecule has 18 heavy (non-hydrogen) atoms. The van der Waals surface area contributed by atoms with Gasteiger partial charge in [0, 0.05) is 24.6 Å². The molecule has 1 saturated heterocycles. The van der Waals surface area contributed by atoms with E-state index in [4.69, 9.17) is 0 Å². The second-order valence-electron chi connectivity index (χ2n) is 5.71. The van der Waals surface area contributed by atoms with Crippen LogP contribution in [0.25, 0.3) is 0 Å². The highest BCUT2D eigenvalue weighted by Crippen LogP contribution is 2.47. The third-order valence-electron chi connectivity index (χ3n) is 4.73. The number of rotatable bonds is 1. The lowest BCUT2D eigenvalue weighted by atomic mass is 9.75. The zero-order valence-electron chi connectivity index (χ0n) is 11.1. The van der Waals surface area contributed by atoms with Gasteiger partial charge in [0.2, 0.25) is 0 Å². The second-order valence-corrected chi connectivity index (χ2v) is 5.71. The van der Waals surface area contributed by atoms with Crippen molar-refractivity contribution in [2.24, 2.45) is 5.92 Å². The van der Waals surface area contributed by atoms with Crippen LogP contribution >= 0.6 is 0 Å². The minimum absolute atomic E-state index is 0.0371. The Hall–Kier alpha value is -1.22. The predicted octanol–water partition coefficient (Wildman–Crippen LogP) is 2.39. The van der Waals surface area contributed by atoms with Gasteiger partial charge in [-0.15, -0.1) is 0 Å². The molecule has 1 aromatic carbocycles. The van der Waals surface area contributed by atoms with Crippen LogP contribution in [-0.4, -0.2) is 34.7 Å². The largest absolute Gasteiger partial charge is 0.504 e. The van der Waals surface area contributed by atoms with Crippen LogP contribution in [0.2, 0.25) is 0 Å². The second kappa shape index (κ2) is 4.16. The Kier molecular flexibility index (Phi) is 2.74. The molecule has 3 heteroatoms. The fraction of sp³-hybridized carbons (Fsp3) is 0.600. The molecule has 0 amide bonds. The summed E-state index contributed by atoms with van der Waals surface area (Å²) in [5.74, 6) is 1.42. The molecule has 0 aromatic heterocycles. The summed E-state index contributed by atoms with van der Waals surface area (Å²) < 4.78 is 0. The van der Waals surface area contributed by atoms with Gasteiger partial charge in [-0.25, -0.2) is 0 Å². The van der Waals surface area contributed by atoms with Crippen LogP contribution in [0.5, 0.6) is 11.5 Å². The molecule has 2 aliphatic rings. The van der Waals surface area contributed by atoms with Crippen molar-refractivity contribution in [2.75, 3.05) is 19.6 Å². The molecule has 0 radical (unpaired) electrons. The molecule has 0 bridgehead atoms. The van der Waals surface area contributed by atoms with Crippen molar-refractivity contribution in [3.05, 3.63) is 22.8 Å². The molecule has 3 rings (SSSR count). The van der Waals surface area contributed by atoms with Gasteiger partial charge in [-0.2, -0.15) is 0 Å². The quantitative estimate of drug-likeness (QED) is 0.749. The first-order chi connectivity index (χ1) is 8.61. The molecule has 98 valence electrons. The molecular formula is C15H21NO2. The van der Waals surface area contributed by atoms with Crippen molar-refractivity contribution in [3.63, 3.8) is 0 Å². The lowest BCUT2D eigenvalue weighted by Crippen LogP contribution is -2.20. The van der Waals surface area contributed by atoms with E-state index in [9.17, 15) is 10.2 Å². The first-order valence-corrected chi connectivity index (χ1v) is 6.88. The number of hydrogen-bond donors (Lipinski definition) is 2. The lowest BCUT2D eigenvalue weighted by Gasteiger charge is -2.29. The van der Waals surface area contributed by atoms with Crippen molar-refractivity contribution in [1.29, 1.82) is 0 Å². The number of nitrogens with zero attached hydrogens (tertiary/aromatic N) is 1. The summed E-state index contributed by atoms with van der Waals surface area (Å²) in [6.45, 7) is 7.64. The van der Waals surface area contributed by atoms with Gasteiger partial charge in [0.05, 0.1) is 0 Å². The van der Waals surface area contributed by atoms with Gasteiger partial charge < -0.3 is 15.1 Å². The molecule has 2 N–H and O–H groups in total. The molecule has 1 aliphatic carbocycles. The van der Waals surface area contributed by atoms with Gasteiger partial charge >= 0.3 is 0 Å². The number of likely N-dealkylation sites (tertiary alicyclic amines) is 1. The highest BCUT2D eigenvalue weighted by Gasteiger charge is 2.39. The number of aromatic hydroxyl groups is 2. The zero-order chi connectivity index (χ0) is 12.9. The highest BCUT2D eigenvalue weighted by atomic mass is 16.3. The summed E-state index contributed by atoms with van der Waals surface area (Å²) in [4.78, 5) is 2.49. The van der Waals surface area contributed by atoms with E-state index in [1.807, 2.05) is 0 Å². The minimum Gasteiger partial charge on any atom is -0.504 e. The third kappa shape index (κ3) is 1.61. The van der Waals surface area contributed by atoms with Gasteiger partial charge in [0.1, 0.15) is 0 Å². The molecule has 3 nitrogen and oxygen atoms in total. The summed E-state index contributed by atoms with van der Waals surface area (Å²) in [7, 11) is 0. The van der Waals surface area contributed by atoms with Crippen LogP contribution in [0.4, 0.5) is 0 Å². The molecule has 2 atom stereocenters. The van der Waals surface area contributed by atoms with Gasteiger partial charge in [0.25, 0.3) is 0 Å². The Balaban J connectivity index is 2.07. The first kappa shape index (κ1) is 11.8. The van der Waals surface area contributed by atoms with Crippen molar-refractivity contribution >= 4 is 0 Å². The minimum atomic E-state index is 0.0371. The monoisotopic (exact) mass is 247 g/mol. The molecule has 1 aromatic rings. The lowest BCUT2D eigenvalue weighted by molar-refractivity contribution is 0.337. The topological polar surface area (TPSA) is 43.7 Å². The first-order valence-electron chi connectivity index (χ1n) is 6.88. The van der Waals surface area contributed by atoms with E-state index in [1.165, 1.54) is 12.1 Å². The molecule has 0 saturated carbocycles. The van der Waals surface area contributed by atoms with E-state index in [0.717, 1.165) is 43.0 Å². The predicted molar refractivity (Wildman–Crippen MR) is 71.2 cm³/mol. The summed E-state index contributed by atoms with van der Waals surface area (Å²) in [5, 5.41) is 19.8. The molecule has 0 spiro atoms. The summed E-state index contributed by atoms with van der Waals surface area (Å²) in [6, 6.07) is 1.71. The number of phenolic OH excluding ortho intramolecular Hbond substituents is 2. The molecule has 1 heterocycles. The Morgan fingerprint density at radius 2 is 2.11 bits per heavy atom. The molecule has 2 unspecified atom stereocenters. The van der Waals surface area contributed by atoms with Crippen molar-refractivity contribution in [2.45, 2.75) is 32.6 Å². The third-order valence-corrected chi connectivity index (χ3v) is 4.73. The Bertz CT molecular complexity index is 484. The van der Waals surface area contributed by atoms with Gasteiger partial charge in [-0.1, -0.05) is 6.92 Å². The van der Waals surface area contributed by atoms with Crippen LogP contribution in [0, 0.1) is 12.8 Å². The van der Waals surface area contributed by atoms with Gasteiger partial charge in [-0.3, -0.25) is 0 Å². The SMILES string of the molecule is CCN1CC2CCc3c(O)c(O)cc(C)c3C2C1. The summed E-state index contributed by atoms with van der Waals surface area (Å²) in [5.41, 5.74) is 3.43. The number of benzene rings is 1. The number of fused-ring (bicyclic) bond motifs is 3. The number of likely N-dealkylation sites (N-methyl/N-ethyl adjacent to an activating group) is 1. The van der Waals surface area contributed by atoms with E-state index in [0.29, 0.717) is 5.92 Å². The van der Waals surface area contributed by atoms with E-state index in [2.05, 4.69) is 18.7 Å². The summed E-state index contributed by atoms with van der Waals surface area (Å²) in [6.07, 6.45) is 2.03. The van der Waals surface area contributed by atoms with Crippen LogP contribution in [0.15, 0.2) is 6.07 Å². The van der Waals surface area contributed by atoms with Gasteiger partial charge in [-0.05, 0) is 49.4 Å². The molecule has 1 fully saturated rings. The van der Waals surface area contributed by atoms with E-state index in [-0.39, 0.29) is 11.5 Å². The molecule has 1 aliphatic heterocycles. The average molecular weight is 247 g/mol. The van der Waals surface area contributed by atoms with E-state index >= 15 is 0 Å². The smallest absolute Gasteiger partial charge is 0.160 e. The van der Waals surface area contributed by atoms with Crippen LogP contribution < -0.4 is 0 Å². The normalized spacial score (nSPS) is 27.0. The van der Waals surface area contributed by atoms with Crippen molar-refractivity contribution in [1.82, 2.24) is 4.90 Å². The summed E-state index contributed by atoms with van der Waals surface area (Å²) >= 11 is 0. The maximum absolute atomic E-state index is 10.0. The number of aryl methyl sites for hydroxylation is 1. The Labute approximate surface area is 108 Å². The number of hydrogen-bond acceptors (Lipinski definition) is 3. The number of phenols is 2. The maximum Gasteiger partial charge on any atom is 0.160 e. The van der Waals surface area contributed by atoms with Crippen molar-refractivity contribution in [3.8, 4) is 11.5 Å². The van der Waals surface area contributed by atoms with E-state index in [1.54, 1.807) is 6.07 Å². The maximum atomic E-state index is 10.0. The van der Waals surface area contributed by atoms with Crippen LogP contribution in [0.1, 0.15) is 36.0 Å². The Morgan fingerprint density at radius 3 is 2.83 bits per heavy atom. The highest BCUT2D eigenvalue weighted by molar-refractivity contribution is 5.55. The fourth-order valence-corrected chi connectivity index (χ4v) is 3.81.